The second-order valence-electron chi connectivity index (χ2n) is 7.72. The average Bonchev–Trinajstić information content (AvgIpc) is 2.63. The summed E-state index contributed by atoms with van der Waals surface area (Å²) < 4.78 is 0. The zero-order valence-corrected chi connectivity index (χ0v) is 17.6. The predicted octanol–water partition coefficient (Wildman–Crippen LogP) is 5.46. The van der Waals surface area contributed by atoms with E-state index in [0.29, 0.717) is 10.4 Å². The number of alkyl halides is 1. The van der Waals surface area contributed by atoms with Gasteiger partial charge >= 0.3 is 0 Å². The molecule has 0 aliphatic heterocycles. The molecular formula is C22H28BrN3O. The number of rotatable bonds is 6. The molecule has 0 bridgehead atoms. The zero-order chi connectivity index (χ0) is 19.2. The lowest BCUT2D eigenvalue weighted by Crippen LogP contribution is -2.30. The molecule has 2 atom stereocenters. The second kappa shape index (κ2) is 9.36. The maximum absolute atomic E-state index is 12.0. The first-order valence-electron chi connectivity index (χ1n) is 9.76. The monoisotopic (exact) mass is 429 g/mol. The van der Waals surface area contributed by atoms with E-state index in [1.54, 1.807) is 12.3 Å². The maximum atomic E-state index is 12.0. The van der Waals surface area contributed by atoms with E-state index in [-0.39, 0.29) is 11.9 Å². The summed E-state index contributed by atoms with van der Waals surface area (Å²) >= 11 is 3.77. The average molecular weight is 430 g/mol. The van der Waals surface area contributed by atoms with Crippen molar-refractivity contribution in [2.75, 3.05) is 5.32 Å². The first kappa shape index (κ1) is 19.9. The highest BCUT2D eigenvalue weighted by Gasteiger charge is 2.20. The summed E-state index contributed by atoms with van der Waals surface area (Å²) in [6.45, 7) is 3.88. The summed E-state index contributed by atoms with van der Waals surface area (Å²) in [5.74, 6) is 1.42. The van der Waals surface area contributed by atoms with Crippen LogP contribution in [0.2, 0.25) is 0 Å². The number of nitrogens with one attached hydrogen (secondary N) is 2. The van der Waals surface area contributed by atoms with Crippen molar-refractivity contribution in [2.45, 2.75) is 56.8 Å². The van der Waals surface area contributed by atoms with E-state index in [1.807, 2.05) is 19.9 Å². The summed E-state index contributed by atoms with van der Waals surface area (Å²) in [5.41, 5.74) is 2.97. The molecule has 1 heterocycles. The first-order valence-corrected chi connectivity index (χ1v) is 10.7. The summed E-state index contributed by atoms with van der Waals surface area (Å²) in [6, 6.07) is 12.3. The van der Waals surface area contributed by atoms with Gasteiger partial charge in [0.15, 0.2) is 0 Å². The molecule has 0 radical (unpaired) electrons. The number of aromatic nitrogens is 1. The number of halogens is 1. The Morgan fingerprint density at radius 2 is 1.96 bits per heavy atom. The molecule has 1 aliphatic rings. The van der Waals surface area contributed by atoms with Gasteiger partial charge in [-0.05, 0) is 68.9 Å². The maximum Gasteiger partial charge on any atom is 0.253 e. The molecule has 2 N–H and O–H groups in total. The number of pyridine rings is 1. The fourth-order valence-electron chi connectivity index (χ4n) is 3.56. The standard InChI is InChI=1S/C22H28BrN3O/c1-15(2)25-22(27)18-8-11-21(24-14-18)26-20-9-6-16(7-10-20)12-17-4-3-5-19(23)13-17/h6-11,14-15,17,19H,3-5,12-13H2,1-2H3,(H,24,26)(H,25,27). The van der Waals surface area contributed by atoms with Crippen molar-refractivity contribution in [1.29, 1.82) is 0 Å². The number of benzene rings is 1. The quantitative estimate of drug-likeness (QED) is 0.599. The van der Waals surface area contributed by atoms with Crippen molar-refractivity contribution in [2.24, 2.45) is 5.92 Å². The Kier molecular flexibility index (Phi) is 6.89. The summed E-state index contributed by atoms with van der Waals surface area (Å²) in [7, 11) is 0. The van der Waals surface area contributed by atoms with Gasteiger partial charge in [-0.15, -0.1) is 0 Å². The number of carbonyl (C=O) groups excluding carboxylic acids is 1. The molecule has 1 aromatic heterocycles. The molecule has 1 amide bonds. The topological polar surface area (TPSA) is 54.0 Å². The number of amides is 1. The van der Waals surface area contributed by atoms with E-state index < -0.39 is 0 Å². The van der Waals surface area contributed by atoms with E-state index >= 15 is 0 Å². The van der Waals surface area contributed by atoms with Gasteiger partial charge < -0.3 is 10.6 Å². The van der Waals surface area contributed by atoms with Crippen LogP contribution in [-0.4, -0.2) is 21.8 Å². The lowest BCUT2D eigenvalue weighted by atomic mass is 9.85. The van der Waals surface area contributed by atoms with Gasteiger partial charge in [0.25, 0.3) is 5.91 Å². The minimum absolute atomic E-state index is 0.0955. The van der Waals surface area contributed by atoms with Crippen molar-refractivity contribution in [3.63, 3.8) is 0 Å². The van der Waals surface area contributed by atoms with Crippen LogP contribution in [0.4, 0.5) is 11.5 Å². The van der Waals surface area contributed by atoms with E-state index in [0.717, 1.165) is 23.8 Å². The van der Waals surface area contributed by atoms with Crippen LogP contribution >= 0.6 is 15.9 Å². The molecule has 3 rings (SSSR count). The molecule has 1 fully saturated rings. The van der Waals surface area contributed by atoms with Gasteiger partial charge in [-0.25, -0.2) is 4.98 Å². The Hall–Kier alpha value is -1.88. The molecule has 144 valence electrons. The minimum atomic E-state index is -0.0955. The molecular weight excluding hydrogens is 402 g/mol. The fourth-order valence-corrected chi connectivity index (χ4v) is 4.42. The Morgan fingerprint density at radius 3 is 2.59 bits per heavy atom. The Morgan fingerprint density at radius 1 is 1.19 bits per heavy atom. The van der Waals surface area contributed by atoms with Gasteiger partial charge in [-0.2, -0.15) is 0 Å². The summed E-state index contributed by atoms with van der Waals surface area (Å²) in [6.07, 6.45) is 8.01. The van der Waals surface area contributed by atoms with Crippen molar-refractivity contribution in [3.05, 3.63) is 53.7 Å². The largest absolute Gasteiger partial charge is 0.350 e. The van der Waals surface area contributed by atoms with Crippen LogP contribution in [0, 0.1) is 5.92 Å². The van der Waals surface area contributed by atoms with Crippen molar-refractivity contribution >= 4 is 33.3 Å². The molecule has 5 heteroatoms. The van der Waals surface area contributed by atoms with Crippen LogP contribution in [0.1, 0.15) is 55.5 Å². The molecule has 2 aromatic rings. The van der Waals surface area contributed by atoms with Crippen LogP contribution in [0.25, 0.3) is 0 Å². The van der Waals surface area contributed by atoms with Crippen LogP contribution in [0.3, 0.4) is 0 Å². The number of carbonyl (C=O) groups is 1. The lowest BCUT2D eigenvalue weighted by Gasteiger charge is -2.25. The third kappa shape index (κ3) is 6.06. The normalized spacial score (nSPS) is 19.7. The molecule has 2 unspecified atom stereocenters. The SMILES string of the molecule is CC(C)NC(=O)c1ccc(Nc2ccc(CC3CCCC(Br)C3)cc2)nc1. The number of anilines is 2. The second-order valence-corrected chi connectivity index (χ2v) is 9.01. The zero-order valence-electron chi connectivity index (χ0n) is 16.0. The molecule has 0 saturated heterocycles. The molecule has 27 heavy (non-hydrogen) atoms. The number of hydrogen-bond donors (Lipinski definition) is 2. The highest BCUT2D eigenvalue weighted by atomic mass is 79.9. The minimum Gasteiger partial charge on any atom is -0.350 e. The van der Waals surface area contributed by atoms with Gasteiger partial charge in [-0.1, -0.05) is 40.9 Å². The van der Waals surface area contributed by atoms with E-state index in [2.05, 4.69) is 55.8 Å². The molecule has 1 aliphatic carbocycles. The van der Waals surface area contributed by atoms with Gasteiger partial charge in [-0.3, -0.25) is 4.79 Å². The lowest BCUT2D eigenvalue weighted by molar-refractivity contribution is 0.0943. The van der Waals surface area contributed by atoms with Crippen LogP contribution in [0.15, 0.2) is 42.6 Å². The van der Waals surface area contributed by atoms with Gasteiger partial charge in [0.1, 0.15) is 5.82 Å². The van der Waals surface area contributed by atoms with E-state index in [9.17, 15) is 4.79 Å². The third-order valence-electron chi connectivity index (χ3n) is 4.91. The molecule has 0 spiro atoms. The van der Waals surface area contributed by atoms with Crippen LogP contribution < -0.4 is 10.6 Å². The Labute approximate surface area is 170 Å². The van der Waals surface area contributed by atoms with E-state index in [4.69, 9.17) is 0 Å². The van der Waals surface area contributed by atoms with Gasteiger partial charge in [0.05, 0.1) is 5.56 Å². The summed E-state index contributed by atoms with van der Waals surface area (Å²) in [4.78, 5) is 17.0. The number of hydrogen-bond acceptors (Lipinski definition) is 3. The van der Waals surface area contributed by atoms with Crippen molar-refractivity contribution < 1.29 is 4.79 Å². The van der Waals surface area contributed by atoms with Crippen molar-refractivity contribution in [1.82, 2.24) is 10.3 Å². The Balaban J connectivity index is 1.55. The smallest absolute Gasteiger partial charge is 0.253 e. The van der Waals surface area contributed by atoms with Gasteiger partial charge in [0.2, 0.25) is 0 Å². The molecule has 1 saturated carbocycles. The summed E-state index contributed by atoms with van der Waals surface area (Å²) in [5, 5.41) is 6.17. The van der Waals surface area contributed by atoms with Crippen molar-refractivity contribution in [3.8, 4) is 0 Å². The van der Waals surface area contributed by atoms with Gasteiger partial charge in [0, 0.05) is 22.8 Å². The number of nitrogens with zero attached hydrogens (tertiary/aromatic N) is 1. The predicted molar refractivity (Wildman–Crippen MR) is 115 cm³/mol. The Bertz CT molecular complexity index is 743. The fraction of sp³-hybridized carbons (Fsp3) is 0.455. The van der Waals surface area contributed by atoms with Crippen LogP contribution in [0.5, 0.6) is 0 Å². The molecule has 1 aromatic carbocycles. The molecule has 4 nitrogen and oxygen atoms in total. The highest BCUT2D eigenvalue weighted by Crippen LogP contribution is 2.31. The van der Waals surface area contributed by atoms with Crippen LogP contribution in [-0.2, 0) is 6.42 Å². The highest BCUT2D eigenvalue weighted by molar-refractivity contribution is 9.09. The van der Waals surface area contributed by atoms with E-state index in [1.165, 1.54) is 31.2 Å². The first-order chi connectivity index (χ1) is 13.0. The third-order valence-corrected chi connectivity index (χ3v) is 5.75.